The highest BCUT2D eigenvalue weighted by Crippen LogP contribution is 2.22. The van der Waals surface area contributed by atoms with Gasteiger partial charge in [-0.2, -0.15) is 5.26 Å². The first-order chi connectivity index (χ1) is 11.4. The van der Waals surface area contributed by atoms with Crippen molar-refractivity contribution >= 4 is 34.8 Å². The van der Waals surface area contributed by atoms with Crippen molar-refractivity contribution in [1.82, 2.24) is 0 Å². The third-order valence-electron chi connectivity index (χ3n) is 2.90. The molecule has 2 aromatic rings. The Labute approximate surface area is 140 Å². The Morgan fingerprint density at radius 3 is 2.38 bits per heavy atom. The first-order valence-corrected chi connectivity index (χ1v) is 7.01. The molecule has 2 amide bonds. The molecule has 24 heavy (non-hydrogen) atoms. The van der Waals surface area contributed by atoms with Crippen LogP contribution in [0, 0.1) is 23.0 Å². The molecule has 0 radical (unpaired) electrons. The molecule has 0 aromatic heterocycles. The number of nitrogens with zero attached hydrogens (tertiary/aromatic N) is 1. The van der Waals surface area contributed by atoms with E-state index in [0.717, 1.165) is 0 Å². The highest BCUT2D eigenvalue weighted by atomic mass is 35.5. The van der Waals surface area contributed by atoms with Crippen LogP contribution in [0.5, 0.6) is 0 Å². The standard InChI is InChI=1S/C16H10ClF2N3O2/c17-12-8-14(19)13(18)7-11(12)16(24)22-10-3-1-2-9(6-10)21-15(23)4-5-20/h1-3,6-8H,4H2,(H,21,23)(H,22,24). The van der Waals surface area contributed by atoms with E-state index in [2.05, 4.69) is 10.6 Å². The van der Waals surface area contributed by atoms with Crippen LogP contribution in [0.15, 0.2) is 36.4 Å². The van der Waals surface area contributed by atoms with Gasteiger partial charge in [0.25, 0.3) is 5.91 Å². The zero-order valence-electron chi connectivity index (χ0n) is 12.1. The summed E-state index contributed by atoms with van der Waals surface area (Å²) in [5.41, 5.74) is 0.439. The average Bonchev–Trinajstić information content (AvgIpc) is 2.51. The van der Waals surface area contributed by atoms with Crippen LogP contribution in [0.1, 0.15) is 16.8 Å². The van der Waals surface area contributed by atoms with Crippen molar-refractivity contribution in [2.24, 2.45) is 0 Å². The summed E-state index contributed by atoms with van der Waals surface area (Å²) in [6.07, 6.45) is -0.305. The number of nitrogens with one attached hydrogen (secondary N) is 2. The number of carbonyl (C=O) groups is 2. The Balaban J connectivity index is 2.17. The first-order valence-electron chi connectivity index (χ1n) is 6.63. The number of halogens is 3. The van der Waals surface area contributed by atoms with Crippen molar-refractivity contribution in [3.8, 4) is 6.07 Å². The fourth-order valence-corrected chi connectivity index (χ4v) is 2.08. The quantitative estimate of drug-likeness (QED) is 0.825. The van der Waals surface area contributed by atoms with Gasteiger partial charge in [-0.3, -0.25) is 9.59 Å². The van der Waals surface area contributed by atoms with Crippen LogP contribution in [-0.2, 0) is 4.79 Å². The third-order valence-corrected chi connectivity index (χ3v) is 3.21. The van der Waals surface area contributed by atoms with E-state index in [0.29, 0.717) is 23.5 Å². The Kier molecular flexibility index (Phi) is 5.45. The van der Waals surface area contributed by atoms with E-state index >= 15 is 0 Å². The van der Waals surface area contributed by atoms with Crippen LogP contribution in [0.3, 0.4) is 0 Å². The number of benzene rings is 2. The molecule has 0 unspecified atom stereocenters. The van der Waals surface area contributed by atoms with Gasteiger partial charge in [-0.05, 0) is 30.3 Å². The van der Waals surface area contributed by atoms with Gasteiger partial charge in [-0.15, -0.1) is 0 Å². The third kappa shape index (κ3) is 4.27. The molecule has 2 N–H and O–H groups in total. The van der Waals surface area contributed by atoms with E-state index in [1.807, 2.05) is 0 Å². The molecule has 5 nitrogen and oxygen atoms in total. The molecule has 0 aliphatic heterocycles. The van der Waals surface area contributed by atoms with Crippen molar-refractivity contribution in [2.45, 2.75) is 6.42 Å². The average molecular weight is 350 g/mol. The lowest BCUT2D eigenvalue weighted by Crippen LogP contribution is -2.14. The maximum Gasteiger partial charge on any atom is 0.257 e. The van der Waals surface area contributed by atoms with E-state index in [1.54, 1.807) is 18.2 Å². The lowest BCUT2D eigenvalue weighted by atomic mass is 10.2. The Hall–Kier alpha value is -2.98. The number of nitriles is 1. The van der Waals surface area contributed by atoms with Gasteiger partial charge in [0, 0.05) is 11.4 Å². The van der Waals surface area contributed by atoms with Crippen molar-refractivity contribution in [1.29, 1.82) is 5.26 Å². The van der Waals surface area contributed by atoms with Crippen LogP contribution in [0.25, 0.3) is 0 Å². The normalized spacial score (nSPS) is 9.92. The lowest BCUT2D eigenvalue weighted by Gasteiger charge is -2.09. The number of rotatable bonds is 4. The predicted molar refractivity (Wildman–Crippen MR) is 84.6 cm³/mol. The minimum atomic E-state index is -1.19. The second kappa shape index (κ2) is 7.53. The highest BCUT2D eigenvalue weighted by Gasteiger charge is 2.15. The molecule has 0 heterocycles. The summed E-state index contributed by atoms with van der Waals surface area (Å²) in [5, 5.41) is 13.2. The lowest BCUT2D eigenvalue weighted by molar-refractivity contribution is -0.115. The Bertz CT molecular complexity index is 850. The van der Waals surface area contributed by atoms with Crippen LogP contribution >= 0.6 is 11.6 Å². The molecule has 0 saturated carbocycles. The molecule has 0 atom stereocenters. The van der Waals surface area contributed by atoms with Gasteiger partial charge < -0.3 is 10.6 Å². The maximum absolute atomic E-state index is 13.3. The van der Waals surface area contributed by atoms with Gasteiger partial charge in [0.05, 0.1) is 16.7 Å². The van der Waals surface area contributed by atoms with Crippen molar-refractivity contribution in [2.75, 3.05) is 10.6 Å². The molecule has 2 aromatic carbocycles. The van der Waals surface area contributed by atoms with Gasteiger partial charge in [-0.1, -0.05) is 17.7 Å². The fourth-order valence-electron chi connectivity index (χ4n) is 1.85. The number of hydrogen-bond acceptors (Lipinski definition) is 3. The fraction of sp³-hybridized carbons (Fsp3) is 0.0625. The Morgan fingerprint density at radius 2 is 1.71 bits per heavy atom. The topological polar surface area (TPSA) is 82.0 Å². The molecule has 0 aliphatic rings. The zero-order chi connectivity index (χ0) is 17.7. The van der Waals surface area contributed by atoms with Crippen LogP contribution in [0.2, 0.25) is 5.02 Å². The minimum Gasteiger partial charge on any atom is -0.325 e. The summed E-state index contributed by atoms with van der Waals surface area (Å²) in [4.78, 5) is 23.5. The van der Waals surface area contributed by atoms with E-state index in [9.17, 15) is 18.4 Å². The van der Waals surface area contributed by atoms with Gasteiger partial charge in [0.15, 0.2) is 11.6 Å². The summed E-state index contributed by atoms with van der Waals surface area (Å²) in [6, 6.07) is 9.23. The summed E-state index contributed by atoms with van der Waals surface area (Å²) in [5.74, 6) is -3.58. The van der Waals surface area contributed by atoms with E-state index < -0.39 is 23.4 Å². The summed E-state index contributed by atoms with van der Waals surface area (Å²) >= 11 is 5.74. The van der Waals surface area contributed by atoms with E-state index in [4.69, 9.17) is 16.9 Å². The predicted octanol–water partition coefficient (Wildman–Crippen LogP) is 3.72. The smallest absolute Gasteiger partial charge is 0.257 e. The number of hydrogen-bond donors (Lipinski definition) is 2. The van der Waals surface area contributed by atoms with Gasteiger partial charge in [0.1, 0.15) is 6.42 Å². The molecular weight excluding hydrogens is 340 g/mol. The largest absolute Gasteiger partial charge is 0.325 e. The van der Waals surface area contributed by atoms with Crippen molar-refractivity contribution in [3.05, 3.63) is 58.6 Å². The number of carbonyl (C=O) groups excluding carboxylic acids is 2. The molecule has 0 spiro atoms. The van der Waals surface area contributed by atoms with E-state index in [1.165, 1.54) is 12.1 Å². The van der Waals surface area contributed by atoms with Crippen LogP contribution in [0.4, 0.5) is 20.2 Å². The van der Waals surface area contributed by atoms with Gasteiger partial charge >= 0.3 is 0 Å². The monoisotopic (exact) mass is 349 g/mol. The SMILES string of the molecule is N#CCC(=O)Nc1cccc(NC(=O)c2cc(F)c(F)cc2Cl)c1. The van der Waals surface area contributed by atoms with Crippen molar-refractivity contribution < 1.29 is 18.4 Å². The molecule has 0 aliphatic carbocycles. The number of amides is 2. The number of anilines is 2. The van der Waals surface area contributed by atoms with Crippen molar-refractivity contribution in [3.63, 3.8) is 0 Å². The first kappa shape index (κ1) is 17.4. The molecule has 0 bridgehead atoms. The van der Waals surface area contributed by atoms with E-state index in [-0.39, 0.29) is 17.0 Å². The van der Waals surface area contributed by atoms with Crippen LogP contribution in [-0.4, -0.2) is 11.8 Å². The molecule has 0 saturated heterocycles. The molecule has 122 valence electrons. The van der Waals surface area contributed by atoms with Gasteiger partial charge in [-0.25, -0.2) is 8.78 Å². The van der Waals surface area contributed by atoms with Gasteiger partial charge in [0.2, 0.25) is 5.91 Å². The summed E-state index contributed by atoms with van der Waals surface area (Å²) in [6.45, 7) is 0. The minimum absolute atomic E-state index is 0.227. The Morgan fingerprint density at radius 1 is 1.08 bits per heavy atom. The molecular formula is C16H10ClF2N3O2. The summed E-state index contributed by atoms with van der Waals surface area (Å²) in [7, 11) is 0. The molecule has 0 fully saturated rings. The zero-order valence-corrected chi connectivity index (χ0v) is 12.8. The molecule has 8 heteroatoms. The highest BCUT2D eigenvalue weighted by molar-refractivity contribution is 6.34. The molecule has 2 rings (SSSR count). The van der Waals surface area contributed by atoms with Crippen LogP contribution < -0.4 is 10.6 Å². The summed E-state index contributed by atoms with van der Waals surface area (Å²) < 4.78 is 26.3. The second-order valence-corrected chi connectivity index (χ2v) is 5.07. The maximum atomic E-state index is 13.3. The second-order valence-electron chi connectivity index (χ2n) is 4.66.